The van der Waals surface area contributed by atoms with Gasteiger partial charge >= 0.3 is 0 Å². The van der Waals surface area contributed by atoms with Crippen molar-refractivity contribution in [2.75, 3.05) is 18.8 Å². The van der Waals surface area contributed by atoms with Crippen LogP contribution >= 0.6 is 0 Å². The highest BCUT2D eigenvalue weighted by molar-refractivity contribution is 7.89. The first kappa shape index (κ1) is 13.3. The number of aliphatic hydroxyl groups is 1. The van der Waals surface area contributed by atoms with Gasteiger partial charge in [-0.1, -0.05) is 0 Å². The molecule has 1 aliphatic rings. The summed E-state index contributed by atoms with van der Waals surface area (Å²) < 4.78 is 38.7. The van der Waals surface area contributed by atoms with Crippen molar-refractivity contribution in [2.24, 2.45) is 0 Å². The third kappa shape index (κ3) is 2.47. The summed E-state index contributed by atoms with van der Waals surface area (Å²) in [6, 6.07) is 3.19. The van der Waals surface area contributed by atoms with Crippen LogP contribution in [0.3, 0.4) is 0 Å². The van der Waals surface area contributed by atoms with E-state index in [0.717, 1.165) is 18.2 Å². The number of anilines is 1. The van der Waals surface area contributed by atoms with E-state index in [9.17, 15) is 17.9 Å². The maximum atomic E-state index is 12.9. The van der Waals surface area contributed by atoms with Crippen molar-refractivity contribution in [3.63, 3.8) is 0 Å². The fourth-order valence-corrected chi connectivity index (χ4v) is 3.65. The Morgan fingerprint density at radius 3 is 2.78 bits per heavy atom. The van der Waals surface area contributed by atoms with E-state index in [1.807, 2.05) is 0 Å². The average molecular weight is 274 g/mol. The molecule has 1 aliphatic heterocycles. The van der Waals surface area contributed by atoms with Crippen LogP contribution in [0.4, 0.5) is 10.1 Å². The second-order valence-corrected chi connectivity index (χ2v) is 6.25. The Morgan fingerprint density at radius 1 is 1.44 bits per heavy atom. The van der Waals surface area contributed by atoms with Crippen LogP contribution in [-0.4, -0.2) is 37.0 Å². The molecule has 1 saturated heterocycles. The van der Waals surface area contributed by atoms with Crippen LogP contribution in [0.5, 0.6) is 0 Å². The number of rotatable bonds is 2. The molecule has 5 nitrogen and oxygen atoms in total. The predicted octanol–water partition coefficient (Wildman–Crippen LogP) is 0.553. The molecule has 1 aromatic carbocycles. The number of halogens is 1. The second kappa shape index (κ2) is 4.83. The molecule has 2 rings (SSSR count). The molecule has 0 bridgehead atoms. The minimum Gasteiger partial charge on any atom is -0.398 e. The van der Waals surface area contributed by atoms with Crippen molar-refractivity contribution >= 4 is 15.7 Å². The Hall–Kier alpha value is -1.18. The zero-order valence-corrected chi connectivity index (χ0v) is 10.5. The van der Waals surface area contributed by atoms with Crippen LogP contribution in [-0.2, 0) is 10.0 Å². The van der Waals surface area contributed by atoms with Gasteiger partial charge < -0.3 is 10.8 Å². The SMILES string of the molecule is Nc1cc(F)ccc1S(=O)(=O)N1CCCC(O)C1. The van der Waals surface area contributed by atoms with Gasteiger partial charge in [-0.05, 0) is 31.0 Å². The van der Waals surface area contributed by atoms with Gasteiger partial charge in [0.1, 0.15) is 10.7 Å². The predicted molar refractivity (Wildman–Crippen MR) is 64.8 cm³/mol. The molecule has 1 heterocycles. The lowest BCUT2D eigenvalue weighted by Gasteiger charge is -2.29. The van der Waals surface area contributed by atoms with Crippen molar-refractivity contribution in [1.29, 1.82) is 0 Å². The van der Waals surface area contributed by atoms with Crippen molar-refractivity contribution in [2.45, 2.75) is 23.8 Å². The summed E-state index contributed by atoms with van der Waals surface area (Å²) in [6.07, 6.45) is 0.530. The van der Waals surface area contributed by atoms with Crippen LogP contribution in [0, 0.1) is 5.82 Å². The Labute approximate surface area is 105 Å². The number of benzene rings is 1. The molecule has 100 valence electrons. The normalized spacial score (nSPS) is 22.0. The highest BCUT2D eigenvalue weighted by Crippen LogP contribution is 2.25. The second-order valence-electron chi connectivity index (χ2n) is 4.34. The first-order valence-electron chi connectivity index (χ1n) is 5.64. The van der Waals surface area contributed by atoms with Crippen LogP contribution in [0.1, 0.15) is 12.8 Å². The molecule has 0 saturated carbocycles. The maximum absolute atomic E-state index is 12.9. The maximum Gasteiger partial charge on any atom is 0.245 e. The van der Waals surface area contributed by atoms with E-state index in [0.29, 0.717) is 19.4 Å². The van der Waals surface area contributed by atoms with E-state index in [1.165, 1.54) is 4.31 Å². The van der Waals surface area contributed by atoms with Gasteiger partial charge in [-0.3, -0.25) is 0 Å². The van der Waals surface area contributed by atoms with Gasteiger partial charge in [-0.2, -0.15) is 4.31 Å². The molecule has 1 aromatic rings. The number of nitrogens with zero attached hydrogens (tertiary/aromatic N) is 1. The third-order valence-electron chi connectivity index (χ3n) is 2.95. The van der Waals surface area contributed by atoms with Gasteiger partial charge in [-0.25, -0.2) is 12.8 Å². The smallest absolute Gasteiger partial charge is 0.245 e. The fourth-order valence-electron chi connectivity index (χ4n) is 2.03. The summed E-state index contributed by atoms with van der Waals surface area (Å²) >= 11 is 0. The molecule has 0 aromatic heterocycles. The number of β-amino-alcohol motifs (C(OH)–C–C–N with tert-alkyl or cyclic N) is 1. The highest BCUT2D eigenvalue weighted by atomic mass is 32.2. The number of piperidine rings is 1. The molecular formula is C11H15FN2O3S. The molecule has 0 amide bonds. The van der Waals surface area contributed by atoms with E-state index in [1.54, 1.807) is 0 Å². The van der Waals surface area contributed by atoms with E-state index in [4.69, 9.17) is 5.73 Å². The molecule has 0 spiro atoms. The quantitative estimate of drug-likeness (QED) is 0.772. The largest absolute Gasteiger partial charge is 0.398 e. The van der Waals surface area contributed by atoms with E-state index in [2.05, 4.69) is 0 Å². The standard InChI is InChI=1S/C11H15FN2O3S/c12-8-3-4-11(10(13)6-8)18(16,17)14-5-1-2-9(15)7-14/h3-4,6,9,15H,1-2,5,7,13H2. The van der Waals surface area contributed by atoms with Gasteiger partial charge in [-0.15, -0.1) is 0 Å². The lowest BCUT2D eigenvalue weighted by molar-refractivity contribution is 0.108. The van der Waals surface area contributed by atoms with Gasteiger partial charge in [0.05, 0.1) is 11.8 Å². The zero-order valence-electron chi connectivity index (χ0n) is 9.71. The zero-order chi connectivity index (χ0) is 13.3. The van der Waals surface area contributed by atoms with E-state index < -0.39 is 21.9 Å². The van der Waals surface area contributed by atoms with E-state index >= 15 is 0 Å². The van der Waals surface area contributed by atoms with Crippen molar-refractivity contribution in [3.8, 4) is 0 Å². The fraction of sp³-hybridized carbons (Fsp3) is 0.455. The number of aliphatic hydroxyl groups excluding tert-OH is 1. The van der Waals surface area contributed by atoms with Crippen LogP contribution in [0.25, 0.3) is 0 Å². The topological polar surface area (TPSA) is 83.6 Å². The molecular weight excluding hydrogens is 259 g/mol. The molecule has 3 N–H and O–H groups in total. The van der Waals surface area contributed by atoms with Gasteiger partial charge in [0.15, 0.2) is 0 Å². The number of hydrogen-bond donors (Lipinski definition) is 2. The van der Waals surface area contributed by atoms with Gasteiger partial charge in [0, 0.05) is 13.1 Å². The number of hydrogen-bond acceptors (Lipinski definition) is 4. The van der Waals surface area contributed by atoms with Gasteiger partial charge in [0.2, 0.25) is 10.0 Å². The van der Waals surface area contributed by atoms with Crippen molar-refractivity contribution in [1.82, 2.24) is 4.31 Å². The summed E-state index contributed by atoms with van der Waals surface area (Å²) in [4.78, 5) is -0.113. The monoisotopic (exact) mass is 274 g/mol. The van der Waals surface area contributed by atoms with Crippen LogP contribution in [0.15, 0.2) is 23.1 Å². The number of sulfonamides is 1. The Bertz CT molecular complexity index is 547. The Balaban J connectivity index is 2.35. The first-order valence-corrected chi connectivity index (χ1v) is 7.08. The average Bonchev–Trinajstić information content (AvgIpc) is 2.28. The first-order chi connectivity index (χ1) is 8.41. The number of nitrogen functional groups attached to an aromatic ring is 1. The minimum atomic E-state index is -3.76. The van der Waals surface area contributed by atoms with E-state index in [-0.39, 0.29) is 17.1 Å². The summed E-state index contributed by atoms with van der Waals surface area (Å²) in [6.45, 7) is 0.398. The Morgan fingerprint density at radius 2 is 2.17 bits per heavy atom. The highest BCUT2D eigenvalue weighted by Gasteiger charge is 2.30. The third-order valence-corrected chi connectivity index (χ3v) is 4.89. The van der Waals surface area contributed by atoms with Crippen molar-refractivity contribution in [3.05, 3.63) is 24.0 Å². The lowest BCUT2D eigenvalue weighted by atomic mass is 10.1. The minimum absolute atomic E-state index is 0.0547. The molecule has 7 heteroatoms. The lowest BCUT2D eigenvalue weighted by Crippen LogP contribution is -2.42. The van der Waals surface area contributed by atoms with Crippen LogP contribution < -0.4 is 5.73 Å². The van der Waals surface area contributed by atoms with Crippen LogP contribution in [0.2, 0.25) is 0 Å². The van der Waals surface area contributed by atoms with Crippen molar-refractivity contribution < 1.29 is 17.9 Å². The summed E-state index contributed by atoms with van der Waals surface area (Å²) in [5, 5.41) is 9.51. The molecule has 18 heavy (non-hydrogen) atoms. The molecule has 1 atom stereocenters. The Kier molecular flexibility index (Phi) is 3.56. The summed E-state index contributed by atoms with van der Waals surface area (Å²) in [5.74, 6) is -0.579. The molecule has 0 aliphatic carbocycles. The molecule has 1 fully saturated rings. The number of nitrogens with two attached hydrogens (primary N) is 1. The summed E-state index contributed by atoms with van der Waals surface area (Å²) in [7, 11) is -3.76. The molecule has 0 radical (unpaired) electrons. The van der Waals surface area contributed by atoms with Gasteiger partial charge in [0.25, 0.3) is 0 Å². The summed E-state index contributed by atoms with van der Waals surface area (Å²) in [5.41, 5.74) is 5.42. The molecule has 1 unspecified atom stereocenters.